The highest BCUT2D eigenvalue weighted by Gasteiger charge is 2.11. The summed E-state index contributed by atoms with van der Waals surface area (Å²) in [6, 6.07) is 0. The highest BCUT2D eigenvalue weighted by Crippen LogP contribution is 2.01. The number of hydrogen-bond donors (Lipinski definition) is 1. The first-order chi connectivity index (χ1) is 6.13. The van der Waals surface area contributed by atoms with Gasteiger partial charge in [0.1, 0.15) is 4.91 Å². The van der Waals surface area contributed by atoms with Crippen LogP contribution in [0.1, 0.15) is 19.8 Å². The Labute approximate surface area is 86.0 Å². The van der Waals surface area contributed by atoms with Gasteiger partial charge in [-0.2, -0.15) is 0 Å². The maximum atomic E-state index is 11.2. The molecule has 13 heavy (non-hydrogen) atoms. The quantitative estimate of drug-likeness (QED) is 0.565. The molecular formula is C8H14ClNO2S. The van der Waals surface area contributed by atoms with Crippen LogP contribution in [-0.2, 0) is 15.6 Å². The van der Waals surface area contributed by atoms with Gasteiger partial charge in [0.15, 0.2) is 0 Å². The van der Waals surface area contributed by atoms with Crippen molar-refractivity contribution >= 4 is 28.3 Å². The van der Waals surface area contributed by atoms with Crippen LogP contribution < -0.4 is 5.32 Å². The van der Waals surface area contributed by atoms with E-state index in [0.717, 1.165) is 18.4 Å². The Balaban J connectivity index is 4.02. The largest absolute Gasteiger partial charge is 0.351 e. The third-order valence-corrected chi connectivity index (χ3v) is 2.72. The minimum atomic E-state index is -1.32. The predicted molar refractivity (Wildman–Crippen MR) is 55.9 cm³/mol. The van der Waals surface area contributed by atoms with Crippen molar-refractivity contribution in [3.8, 4) is 0 Å². The number of rotatable bonds is 5. The van der Waals surface area contributed by atoms with E-state index in [2.05, 4.69) is 5.32 Å². The number of carbonyl (C=O) groups excluding carboxylic acids is 1. The van der Waals surface area contributed by atoms with Crippen LogP contribution in [0.4, 0.5) is 0 Å². The van der Waals surface area contributed by atoms with E-state index in [0.29, 0.717) is 6.54 Å². The van der Waals surface area contributed by atoms with E-state index < -0.39 is 10.8 Å². The van der Waals surface area contributed by atoms with Crippen LogP contribution >= 0.6 is 11.6 Å². The number of amides is 1. The van der Waals surface area contributed by atoms with Gasteiger partial charge in [-0.3, -0.25) is 9.00 Å². The van der Waals surface area contributed by atoms with Crippen molar-refractivity contribution in [1.29, 1.82) is 0 Å². The number of halogens is 1. The molecule has 1 N–H and O–H groups in total. The van der Waals surface area contributed by atoms with Gasteiger partial charge < -0.3 is 5.32 Å². The Kier molecular flexibility index (Phi) is 6.90. The molecule has 0 aromatic heterocycles. The molecule has 0 radical (unpaired) electrons. The van der Waals surface area contributed by atoms with E-state index in [9.17, 15) is 9.00 Å². The molecule has 0 bridgehead atoms. The average molecular weight is 224 g/mol. The van der Waals surface area contributed by atoms with Gasteiger partial charge in [0.2, 0.25) is 0 Å². The minimum absolute atomic E-state index is 0.123. The zero-order valence-electron chi connectivity index (χ0n) is 7.80. The van der Waals surface area contributed by atoms with Gasteiger partial charge >= 0.3 is 0 Å². The second-order valence-corrected chi connectivity index (χ2v) is 4.10. The summed E-state index contributed by atoms with van der Waals surface area (Å²) in [5, 5.41) is 2.63. The normalized spacial score (nSPS) is 13.9. The molecule has 0 fully saturated rings. The first kappa shape index (κ1) is 12.7. The molecule has 1 amide bonds. The molecule has 5 heteroatoms. The van der Waals surface area contributed by atoms with Crippen LogP contribution in [0.2, 0.25) is 0 Å². The number of nitrogens with one attached hydrogen (secondary N) is 1. The summed E-state index contributed by atoms with van der Waals surface area (Å²) in [5.74, 6) is -0.343. The van der Waals surface area contributed by atoms with Crippen molar-refractivity contribution in [3.05, 3.63) is 10.4 Å². The molecule has 0 aromatic carbocycles. The number of unbranched alkanes of at least 4 members (excludes halogenated alkanes) is 1. The molecule has 1 atom stereocenters. The van der Waals surface area contributed by atoms with Gasteiger partial charge in [-0.05, 0) is 6.42 Å². The molecule has 76 valence electrons. The van der Waals surface area contributed by atoms with E-state index in [1.54, 1.807) is 0 Å². The van der Waals surface area contributed by atoms with Crippen LogP contribution in [0.3, 0.4) is 0 Å². The fraction of sp³-hybridized carbons (Fsp3) is 0.625. The molecule has 0 spiro atoms. The van der Waals surface area contributed by atoms with Gasteiger partial charge in [-0.25, -0.2) is 0 Å². The van der Waals surface area contributed by atoms with Crippen molar-refractivity contribution in [1.82, 2.24) is 5.32 Å². The second kappa shape index (κ2) is 7.09. The highest BCUT2D eigenvalue weighted by molar-refractivity contribution is 7.89. The van der Waals surface area contributed by atoms with Crippen LogP contribution in [0, 0.1) is 0 Å². The predicted octanol–water partition coefficient (Wildman–Crippen LogP) is 1.36. The molecule has 0 saturated heterocycles. The molecule has 0 aliphatic heterocycles. The first-order valence-electron chi connectivity index (χ1n) is 4.05. The SMILES string of the molecule is CCCCNC(=O)/C(=C/Cl)S(C)=O. The van der Waals surface area contributed by atoms with E-state index in [1.807, 2.05) is 6.92 Å². The fourth-order valence-electron chi connectivity index (χ4n) is 0.709. The molecule has 0 aromatic rings. The monoisotopic (exact) mass is 223 g/mol. The number of hydrogen-bond acceptors (Lipinski definition) is 2. The van der Waals surface area contributed by atoms with Crippen LogP contribution in [0.25, 0.3) is 0 Å². The third kappa shape index (κ3) is 5.05. The van der Waals surface area contributed by atoms with Crippen LogP contribution in [0.15, 0.2) is 10.4 Å². The first-order valence-corrected chi connectivity index (χ1v) is 6.05. The van der Waals surface area contributed by atoms with Crippen molar-refractivity contribution in [2.75, 3.05) is 12.8 Å². The zero-order valence-corrected chi connectivity index (χ0v) is 9.37. The molecule has 0 aliphatic carbocycles. The highest BCUT2D eigenvalue weighted by atomic mass is 35.5. The fourth-order valence-corrected chi connectivity index (χ4v) is 1.64. The van der Waals surface area contributed by atoms with E-state index in [4.69, 9.17) is 11.6 Å². The summed E-state index contributed by atoms with van der Waals surface area (Å²) >= 11 is 5.35. The van der Waals surface area contributed by atoms with Crippen molar-refractivity contribution in [2.24, 2.45) is 0 Å². The van der Waals surface area contributed by atoms with Crippen LogP contribution in [0.5, 0.6) is 0 Å². The van der Waals surface area contributed by atoms with Crippen molar-refractivity contribution in [2.45, 2.75) is 19.8 Å². The molecule has 3 nitrogen and oxygen atoms in total. The maximum absolute atomic E-state index is 11.2. The van der Waals surface area contributed by atoms with Gasteiger partial charge in [0.05, 0.1) is 10.8 Å². The van der Waals surface area contributed by atoms with Crippen LogP contribution in [-0.4, -0.2) is 22.9 Å². The van der Waals surface area contributed by atoms with Gasteiger partial charge in [0.25, 0.3) is 5.91 Å². The average Bonchev–Trinajstić information content (AvgIpc) is 2.05. The van der Waals surface area contributed by atoms with Gasteiger partial charge in [-0.1, -0.05) is 24.9 Å². The summed E-state index contributed by atoms with van der Waals surface area (Å²) in [7, 11) is -1.32. The summed E-state index contributed by atoms with van der Waals surface area (Å²) in [6.45, 7) is 2.63. The van der Waals surface area contributed by atoms with Crippen molar-refractivity contribution in [3.63, 3.8) is 0 Å². The summed E-state index contributed by atoms with van der Waals surface area (Å²) < 4.78 is 10.9. The summed E-state index contributed by atoms with van der Waals surface area (Å²) in [4.78, 5) is 11.4. The Morgan fingerprint density at radius 3 is 2.62 bits per heavy atom. The second-order valence-electron chi connectivity index (χ2n) is 2.54. The van der Waals surface area contributed by atoms with E-state index in [-0.39, 0.29) is 10.8 Å². The lowest BCUT2D eigenvalue weighted by Gasteiger charge is -2.04. The lowest BCUT2D eigenvalue weighted by molar-refractivity contribution is -0.116. The lowest BCUT2D eigenvalue weighted by Crippen LogP contribution is -2.27. The Bertz CT molecular complexity index is 228. The molecule has 0 heterocycles. The summed E-state index contributed by atoms with van der Waals surface area (Å²) in [6.07, 6.45) is 3.35. The molecule has 1 unspecified atom stereocenters. The van der Waals surface area contributed by atoms with Gasteiger partial charge in [0, 0.05) is 18.3 Å². The van der Waals surface area contributed by atoms with E-state index in [1.165, 1.54) is 6.26 Å². The Morgan fingerprint density at radius 2 is 2.23 bits per heavy atom. The molecule has 0 saturated carbocycles. The lowest BCUT2D eigenvalue weighted by atomic mass is 10.3. The maximum Gasteiger partial charge on any atom is 0.261 e. The van der Waals surface area contributed by atoms with Crippen molar-refractivity contribution < 1.29 is 9.00 Å². The molecular weight excluding hydrogens is 210 g/mol. The topological polar surface area (TPSA) is 46.2 Å². The Hall–Kier alpha value is -0.350. The van der Waals surface area contributed by atoms with Gasteiger partial charge in [-0.15, -0.1) is 0 Å². The summed E-state index contributed by atoms with van der Waals surface area (Å²) in [5.41, 5.74) is 1.07. The smallest absolute Gasteiger partial charge is 0.261 e. The third-order valence-electron chi connectivity index (χ3n) is 1.45. The number of carbonyl (C=O) groups is 1. The molecule has 0 rings (SSSR count). The Morgan fingerprint density at radius 1 is 1.62 bits per heavy atom. The standard InChI is InChI=1S/C8H14ClNO2S/c1-3-4-5-10-8(11)7(6-9)13(2)12/h6H,3-5H2,1-2H3,(H,10,11)/b7-6-. The van der Waals surface area contributed by atoms with E-state index >= 15 is 0 Å². The zero-order chi connectivity index (χ0) is 10.3. The minimum Gasteiger partial charge on any atom is -0.351 e. The molecule has 0 aliphatic rings.